The van der Waals surface area contributed by atoms with Crippen molar-refractivity contribution in [3.63, 3.8) is 0 Å². The number of halogens is 2. The van der Waals surface area contributed by atoms with Gasteiger partial charge < -0.3 is 4.74 Å². The van der Waals surface area contributed by atoms with Gasteiger partial charge in [-0.25, -0.2) is 8.42 Å². The first-order chi connectivity index (χ1) is 9.46. The van der Waals surface area contributed by atoms with Crippen LogP contribution in [-0.2, 0) is 10.0 Å². The van der Waals surface area contributed by atoms with E-state index < -0.39 is 10.0 Å². The van der Waals surface area contributed by atoms with Crippen molar-refractivity contribution in [2.45, 2.75) is 30.6 Å². The standard InChI is InChI=1S/C13H17BrClNO3S/c1-19-13-11(14)8-10(15)9-12(13)20(17,18)16-6-4-2-3-5-7-16/h8-9H,2-7H2,1H3. The molecular formula is C13H17BrClNO3S. The summed E-state index contributed by atoms with van der Waals surface area (Å²) in [5.41, 5.74) is 0. The van der Waals surface area contributed by atoms with Crippen LogP contribution in [0.3, 0.4) is 0 Å². The van der Waals surface area contributed by atoms with Gasteiger partial charge in [0.05, 0.1) is 11.6 Å². The van der Waals surface area contributed by atoms with E-state index in [0.717, 1.165) is 25.7 Å². The molecule has 0 aromatic heterocycles. The van der Waals surface area contributed by atoms with Gasteiger partial charge in [-0.1, -0.05) is 24.4 Å². The fourth-order valence-electron chi connectivity index (χ4n) is 2.35. The molecule has 1 aliphatic rings. The molecule has 0 N–H and O–H groups in total. The van der Waals surface area contributed by atoms with E-state index in [2.05, 4.69) is 15.9 Å². The Morgan fingerprint density at radius 1 is 1.20 bits per heavy atom. The zero-order valence-electron chi connectivity index (χ0n) is 11.2. The Labute approximate surface area is 133 Å². The summed E-state index contributed by atoms with van der Waals surface area (Å²) in [6.45, 7) is 1.10. The molecule has 0 saturated carbocycles. The maximum atomic E-state index is 12.8. The van der Waals surface area contributed by atoms with Gasteiger partial charge >= 0.3 is 0 Å². The van der Waals surface area contributed by atoms with Crippen LogP contribution in [0, 0.1) is 0 Å². The number of rotatable bonds is 3. The number of methoxy groups -OCH3 is 1. The van der Waals surface area contributed by atoms with Gasteiger partial charge in [0.25, 0.3) is 0 Å². The van der Waals surface area contributed by atoms with Crippen molar-refractivity contribution in [2.24, 2.45) is 0 Å². The third-order valence-electron chi connectivity index (χ3n) is 3.36. The largest absolute Gasteiger partial charge is 0.494 e. The lowest BCUT2D eigenvalue weighted by atomic mass is 10.2. The average Bonchev–Trinajstić information content (AvgIpc) is 2.67. The minimum atomic E-state index is -3.58. The van der Waals surface area contributed by atoms with E-state index in [0.29, 0.717) is 28.3 Å². The molecular weight excluding hydrogens is 366 g/mol. The Balaban J connectivity index is 2.47. The van der Waals surface area contributed by atoms with Gasteiger partial charge in [-0.05, 0) is 40.9 Å². The lowest BCUT2D eigenvalue weighted by Crippen LogP contribution is -2.32. The molecule has 1 saturated heterocycles. The van der Waals surface area contributed by atoms with Crippen molar-refractivity contribution in [1.29, 1.82) is 0 Å². The monoisotopic (exact) mass is 381 g/mol. The molecule has 0 unspecified atom stereocenters. The van der Waals surface area contributed by atoms with Gasteiger partial charge in [-0.3, -0.25) is 0 Å². The highest BCUT2D eigenvalue weighted by Crippen LogP contribution is 2.37. The zero-order valence-corrected chi connectivity index (χ0v) is 14.4. The summed E-state index contributed by atoms with van der Waals surface area (Å²) in [6.07, 6.45) is 3.93. The molecule has 1 aromatic rings. The topological polar surface area (TPSA) is 46.6 Å². The molecule has 112 valence electrons. The van der Waals surface area contributed by atoms with E-state index in [1.165, 1.54) is 17.5 Å². The summed E-state index contributed by atoms with van der Waals surface area (Å²) >= 11 is 9.29. The van der Waals surface area contributed by atoms with Gasteiger partial charge in [-0.15, -0.1) is 0 Å². The first-order valence-electron chi connectivity index (χ1n) is 6.50. The summed E-state index contributed by atoms with van der Waals surface area (Å²) in [7, 11) is -2.13. The van der Waals surface area contributed by atoms with Crippen molar-refractivity contribution >= 4 is 37.6 Å². The number of benzene rings is 1. The van der Waals surface area contributed by atoms with Crippen molar-refractivity contribution in [2.75, 3.05) is 20.2 Å². The summed E-state index contributed by atoms with van der Waals surface area (Å²) < 4.78 is 32.9. The molecule has 0 radical (unpaired) electrons. The van der Waals surface area contributed by atoms with E-state index in [9.17, 15) is 8.42 Å². The van der Waals surface area contributed by atoms with Crippen molar-refractivity contribution in [3.8, 4) is 5.75 Å². The van der Waals surface area contributed by atoms with E-state index in [-0.39, 0.29) is 4.90 Å². The Morgan fingerprint density at radius 3 is 2.35 bits per heavy atom. The van der Waals surface area contributed by atoms with Gasteiger partial charge in [0.2, 0.25) is 10.0 Å². The second kappa shape index (κ2) is 6.64. The Kier molecular flexibility index (Phi) is 5.34. The predicted octanol–water partition coefficient (Wildman–Crippen LogP) is 3.68. The van der Waals surface area contributed by atoms with Crippen LogP contribution in [0.15, 0.2) is 21.5 Å². The number of hydrogen-bond acceptors (Lipinski definition) is 3. The summed E-state index contributed by atoms with van der Waals surface area (Å²) in [5, 5.41) is 0.367. The number of sulfonamides is 1. The van der Waals surface area contributed by atoms with E-state index in [4.69, 9.17) is 16.3 Å². The molecule has 7 heteroatoms. The molecule has 4 nitrogen and oxygen atoms in total. The minimum Gasteiger partial charge on any atom is -0.494 e. The minimum absolute atomic E-state index is 0.126. The molecule has 0 amide bonds. The third-order valence-corrected chi connectivity index (χ3v) is 6.07. The fourth-order valence-corrected chi connectivity index (χ4v) is 5.24. The third kappa shape index (κ3) is 3.30. The van der Waals surface area contributed by atoms with Gasteiger partial charge in [-0.2, -0.15) is 4.31 Å². The molecule has 1 aliphatic heterocycles. The lowest BCUT2D eigenvalue weighted by molar-refractivity contribution is 0.389. The molecule has 0 aliphatic carbocycles. The van der Waals surface area contributed by atoms with Crippen molar-refractivity contribution < 1.29 is 13.2 Å². The molecule has 20 heavy (non-hydrogen) atoms. The molecule has 0 spiro atoms. The number of nitrogens with zero attached hydrogens (tertiary/aromatic N) is 1. The Hall–Kier alpha value is -0.300. The van der Waals surface area contributed by atoms with E-state index in [1.54, 1.807) is 6.07 Å². The van der Waals surface area contributed by atoms with Crippen LogP contribution in [0.4, 0.5) is 0 Å². The number of ether oxygens (including phenoxy) is 1. The molecule has 1 aromatic carbocycles. The van der Waals surface area contributed by atoms with E-state index >= 15 is 0 Å². The quantitative estimate of drug-likeness (QED) is 0.801. The smallest absolute Gasteiger partial charge is 0.246 e. The maximum absolute atomic E-state index is 12.8. The molecule has 2 rings (SSSR count). The summed E-state index contributed by atoms with van der Waals surface area (Å²) in [6, 6.07) is 3.08. The van der Waals surface area contributed by atoms with Crippen LogP contribution < -0.4 is 4.74 Å². The highest BCUT2D eigenvalue weighted by atomic mass is 79.9. The average molecular weight is 383 g/mol. The second-order valence-electron chi connectivity index (χ2n) is 4.74. The SMILES string of the molecule is COc1c(Br)cc(Cl)cc1S(=O)(=O)N1CCCCCC1. The fraction of sp³-hybridized carbons (Fsp3) is 0.538. The van der Waals surface area contributed by atoms with Crippen molar-refractivity contribution in [3.05, 3.63) is 21.6 Å². The van der Waals surface area contributed by atoms with Crippen LogP contribution >= 0.6 is 27.5 Å². The second-order valence-corrected chi connectivity index (χ2v) is 7.93. The van der Waals surface area contributed by atoms with Crippen LogP contribution in [0.1, 0.15) is 25.7 Å². The predicted molar refractivity (Wildman–Crippen MR) is 82.9 cm³/mol. The summed E-state index contributed by atoms with van der Waals surface area (Å²) in [4.78, 5) is 0.126. The highest BCUT2D eigenvalue weighted by Gasteiger charge is 2.29. The van der Waals surface area contributed by atoms with Gasteiger partial charge in [0.1, 0.15) is 4.90 Å². The van der Waals surface area contributed by atoms with Crippen LogP contribution in [0.5, 0.6) is 5.75 Å². The number of hydrogen-bond donors (Lipinski definition) is 0. The van der Waals surface area contributed by atoms with Gasteiger partial charge in [0, 0.05) is 18.1 Å². The zero-order chi connectivity index (χ0) is 14.8. The highest BCUT2D eigenvalue weighted by molar-refractivity contribution is 9.10. The molecule has 0 bridgehead atoms. The molecule has 1 fully saturated rings. The van der Waals surface area contributed by atoms with Crippen LogP contribution in [-0.4, -0.2) is 32.9 Å². The van der Waals surface area contributed by atoms with Crippen LogP contribution in [0.2, 0.25) is 5.02 Å². The normalized spacial score (nSPS) is 17.8. The summed E-state index contributed by atoms with van der Waals surface area (Å²) in [5.74, 6) is 0.304. The molecule has 1 heterocycles. The first-order valence-corrected chi connectivity index (χ1v) is 9.11. The Bertz CT molecular complexity index is 584. The maximum Gasteiger partial charge on any atom is 0.246 e. The lowest BCUT2D eigenvalue weighted by Gasteiger charge is -2.21. The van der Waals surface area contributed by atoms with E-state index in [1.807, 2.05) is 0 Å². The Morgan fingerprint density at radius 2 is 1.80 bits per heavy atom. The van der Waals surface area contributed by atoms with Crippen molar-refractivity contribution in [1.82, 2.24) is 4.31 Å². The first kappa shape index (κ1) is 16.1. The van der Waals surface area contributed by atoms with Gasteiger partial charge in [0.15, 0.2) is 5.75 Å². The van der Waals surface area contributed by atoms with Crippen LogP contribution in [0.25, 0.3) is 0 Å². The molecule has 0 atom stereocenters.